The van der Waals surface area contributed by atoms with Gasteiger partial charge in [0, 0.05) is 16.4 Å². The molecule has 1 aliphatic rings. The van der Waals surface area contributed by atoms with Crippen molar-refractivity contribution in [2.75, 3.05) is 7.05 Å². The Morgan fingerprint density at radius 3 is 2.71 bits per heavy atom. The second-order valence-electron chi connectivity index (χ2n) is 4.79. The molecule has 0 saturated heterocycles. The molecule has 17 heavy (non-hydrogen) atoms. The van der Waals surface area contributed by atoms with Gasteiger partial charge in [0.2, 0.25) is 0 Å². The lowest BCUT2D eigenvalue weighted by atomic mass is 9.78. The molecule has 1 aromatic rings. The van der Waals surface area contributed by atoms with Crippen molar-refractivity contribution >= 4 is 33.0 Å². The molecule has 1 saturated carbocycles. The van der Waals surface area contributed by atoms with Gasteiger partial charge in [-0.15, -0.1) is 11.3 Å². The van der Waals surface area contributed by atoms with Gasteiger partial charge in [0.25, 0.3) is 0 Å². The predicted molar refractivity (Wildman–Crippen MR) is 75.8 cm³/mol. The molecule has 0 bridgehead atoms. The zero-order chi connectivity index (χ0) is 12.3. The molecular weight excluding hydrogens is 298 g/mol. The molecule has 0 spiro atoms. The number of thiophene rings is 1. The molecule has 0 radical (unpaired) electrons. The highest BCUT2D eigenvalue weighted by atomic mass is 79.9. The second-order valence-corrected chi connectivity index (χ2v) is 6.56. The van der Waals surface area contributed by atoms with Crippen molar-refractivity contribution < 1.29 is 4.79 Å². The maximum atomic E-state index is 12.3. The molecule has 0 aromatic carbocycles. The normalized spacial score (nSPS) is 19.2. The van der Waals surface area contributed by atoms with E-state index >= 15 is 0 Å². The standard InChI is InChI=1S/C13H18BrNOS/c1-15-13(6-3-2-4-7-13)9-11(16)12-10(14)5-8-17-12/h5,8,15H,2-4,6-7,9H2,1H3. The first-order valence-electron chi connectivity index (χ1n) is 6.12. The van der Waals surface area contributed by atoms with Gasteiger partial charge in [0.15, 0.2) is 5.78 Å². The van der Waals surface area contributed by atoms with Crippen LogP contribution >= 0.6 is 27.3 Å². The van der Waals surface area contributed by atoms with Crippen LogP contribution in [0.2, 0.25) is 0 Å². The fourth-order valence-corrected chi connectivity index (χ4v) is 4.16. The quantitative estimate of drug-likeness (QED) is 0.851. The van der Waals surface area contributed by atoms with Gasteiger partial charge in [-0.05, 0) is 47.3 Å². The number of nitrogens with one attached hydrogen (secondary N) is 1. The summed E-state index contributed by atoms with van der Waals surface area (Å²) in [5.74, 6) is 0.267. The van der Waals surface area contributed by atoms with Crippen LogP contribution in [0.1, 0.15) is 48.2 Å². The highest BCUT2D eigenvalue weighted by molar-refractivity contribution is 9.10. The number of carbonyl (C=O) groups excluding carboxylic acids is 1. The van der Waals surface area contributed by atoms with E-state index in [1.54, 1.807) is 0 Å². The minimum Gasteiger partial charge on any atom is -0.314 e. The second kappa shape index (κ2) is 5.63. The van der Waals surface area contributed by atoms with E-state index in [4.69, 9.17) is 0 Å². The van der Waals surface area contributed by atoms with Gasteiger partial charge in [0.05, 0.1) is 4.88 Å². The van der Waals surface area contributed by atoms with Crippen LogP contribution in [0.15, 0.2) is 15.9 Å². The monoisotopic (exact) mass is 315 g/mol. The largest absolute Gasteiger partial charge is 0.314 e. The average molecular weight is 316 g/mol. The Morgan fingerprint density at radius 2 is 2.18 bits per heavy atom. The lowest BCUT2D eigenvalue weighted by Gasteiger charge is -2.36. The smallest absolute Gasteiger partial charge is 0.175 e. The predicted octanol–water partition coefficient (Wildman–Crippen LogP) is 4.01. The third kappa shape index (κ3) is 2.98. The van der Waals surface area contributed by atoms with Crippen LogP contribution in [-0.2, 0) is 0 Å². The van der Waals surface area contributed by atoms with E-state index in [0.717, 1.165) is 22.2 Å². The van der Waals surface area contributed by atoms with Crippen molar-refractivity contribution in [2.45, 2.75) is 44.1 Å². The van der Waals surface area contributed by atoms with E-state index in [0.29, 0.717) is 6.42 Å². The molecule has 0 unspecified atom stereocenters. The topological polar surface area (TPSA) is 29.1 Å². The summed E-state index contributed by atoms with van der Waals surface area (Å²) in [5.41, 5.74) is 0.0404. The van der Waals surface area contributed by atoms with Gasteiger partial charge < -0.3 is 5.32 Å². The number of carbonyl (C=O) groups is 1. The Morgan fingerprint density at radius 1 is 1.47 bits per heavy atom. The van der Waals surface area contributed by atoms with Crippen molar-refractivity contribution in [3.8, 4) is 0 Å². The third-order valence-corrected chi connectivity index (χ3v) is 5.59. The molecule has 0 atom stereocenters. The lowest BCUT2D eigenvalue weighted by molar-refractivity contribution is 0.0918. The van der Waals surface area contributed by atoms with Crippen molar-refractivity contribution in [3.05, 3.63) is 20.8 Å². The Kier molecular flexibility index (Phi) is 4.39. The van der Waals surface area contributed by atoms with Crippen LogP contribution in [0.5, 0.6) is 0 Å². The maximum absolute atomic E-state index is 12.3. The van der Waals surface area contributed by atoms with Gasteiger partial charge in [-0.1, -0.05) is 19.3 Å². The number of Topliss-reactive ketones (excluding diaryl/α,β-unsaturated/α-hetero) is 1. The van der Waals surface area contributed by atoms with E-state index in [2.05, 4.69) is 21.2 Å². The van der Waals surface area contributed by atoms with Crippen LogP contribution in [-0.4, -0.2) is 18.4 Å². The summed E-state index contributed by atoms with van der Waals surface area (Å²) in [6.07, 6.45) is 6.65. The first kappa shape index (κ1) is 13.2. The van der Waals surface area contributed by atoms with Crippen LogP contribution in [0, 0.1) is 0 Å². The van der Waals surface area contributed by atoms with Gasteiger partial charge in [-0.25, -0.2) is 0 Å². The SMILES string of the molecule is CNC1(CC(=O)c2sccc2Br)CCCCC1. The summed E-state index contributed by atoms with van der Waals surface area (Å²) in [4.78, 5) is 13.2. The summed E-state index contributed by atoms with van der Waals surface area (Å²) in [6, 6.07) is 1.95. The third-order valence-electron chi connectivity index (χ3n) is 3.71. The van der Waals surface area contributed by atoms with Gasteiger partial charge in [0.1, 0.15) is 0 Å². The van der Waals surface area contributed by atoms with E-state index in [1.165, 1.54) is 30.6 Å². The zero-order valence-electron chi connectivity index (χ0n) is 10.1. The molecule has 1 N–H and O–H groups in total. The molecule has 4 heteroatoms. The first-order chi connectivity index (χ1) is 8.17. The number of hydrogen-bond donors (Lipinski definition) is 1. The minimum absolute atomic E-state index is 0.0404. The summed E-state index contributed by atoms with van der Waals surface area (Å²) in [7, 11) is 1.99. The van der Waals surface area contributed by atoms with Crippen LogP contribution in [0.25, 0.3) is 0 Å². The number of halogens is 1. The van der Waals surface area contributed by atoms with Crippen LogP contribution in [0.4, 0.5) is 0 Å². The van der Waals surface area contributed by atoms with Gasteiger partial charge >= 0.3 is 0 Å². The molecule has 0 amide bonds. The van der Waals surface area contributed by atoms with E-state index < -0.39 is 0 Å². The highest BCUT2D eigenvalue weighted by Gasteiger charge is 2.33. The summed E-state index contributed by atoms with van der Waals surface area (Å²) in [5, 5.41) is 5.36. The van der Waals surface area contributed by atoms with Crippen molar-refractivity contribution in [1.29, 1.82) is 0 Å². The lowest BCUT2D eigenvalue weighted by Crippen LogP contribution is -2.46. The maximum Gasteiger partial charge on any atom is 0.175 e. The number of rotatable bonds is 4. The zero-order valence-corrected chi connectivity index (χ0v) is 12.5. The van der Waals surface area contributed by atoms with Crippen LogP contribution in [0.3, 0.4) is 0 Å². The molecular formula is C13H18BrNOS. The number of hydrogen-bond acceptors (Lipinski definition) is 3. The Labute approximate surface area is 115 Å². The summed E-state index contributed by atoms with van der Waals surface area (Å²) >= 11 is 4.97. The fraction of sp³-hybridized carbons (Fsp3) is 0.615. The highest BCUT2D eigenvalue weighted by Crippen LogP contribution is 2.33. The molecule has 1 heterocycles. The average Bonchev–Trinajstić information content (AvgIpc) is 2.77. The molecule has 1 aromatic heterocycles. The van der Waals surface area contributed by atoms with E-state index in [1.807, 2.05) is 18.5 Å². The van der Waals surface area contributed by atoms with Crippen molar-refractivity contribution in [2.24, 2.45) is 0 Å². The molecule has 1 fully saturated rings. The summed E-state index contributed by atoms with van der Waals surface area (Å²) in [6.45, 7) is 0. The van der Waals surface area contributed by atoms with E-state index in [-0.39, 0.29) is 11.3 Å². The number of ketones is 1. The molecule has 2 rings (SSSR count). The fourth-order valence-electron chi connectivity index (χ4n) is 2.62. The molecule has 94 valence electrons. The Balaban J connectivity index is 2.08. The van der Waals surface area contributed by atoms with Gasteiger partial charge in [-0.2, -0.15) is 0 Å². The first-order valence-corrected chi connectivity index (χ1v) is 7.79. The van der Waals surface area contributed by atoms with Gasteiger partial charge in [-0.3, -0.25) is 4.79 Å². The minimum atomic E-state index is 0.0404. The molecule has 2 nitrogen and oxygen atoms in total. The van der Waals surface area contributed by atoms with Crippen LogP contribution < -0.4 is 5.32 Å². The Hall–Kier alpha value is -0.190. The Bertz CT molecular complexity index is 396. The molecule has 0 aliphatic heterocycles. The van der Waals surface area contributed by atoms with Crippen molar-refractivity contribution in [3.63, 3.8) is 0 Å². The van der Waals surface area contributed by atoms with Crippen molar-refractivity contribution in [1.82, 2.24) is 5.32 Å². The molecule has 1 aliphatic carbocycles. The summed E-state index contributed by atoms with van der Waals surface area (Å²) < 4.78 is 0.939. The van der Waals surface area contributed by atoms with E-state index in [9.17, 15) is 4.79 Å².